The van der Waals surface area contributed by atoms with Crippen LogP contribution in [0.2, 0.25) is 0 Å². The zero-order valence-electron chi connectivity index (χ0n) is 54.7. The van der Waals surface area contributed by atoms with Crippen LogP contribution < -0.4 is 55.6 Å². The van der Waals surface area contributed by atoms with E-state index < -0.39 is 40.6 Å². The van der Waals surface area contributed by atoms with Gasteiger partial charge in [0.15, 0.2) is 0 Å². The molecule has 0 saturated carbocycles. The third-order valence-corrected chi connectivity index (χ3v) is 29.5. The van der Waals surface area contributed by atoms with E-state index in [1.165, 1.54) is 9.21 Å². The molecule has 2 atom stereocenters. The van der Waals surface area contributed by atoms with Crippen molar-refractivity contribution in [1.82, 2.24) is 18.9 Å². The Labute approximate surface area is 588 Å². The second-order valence-electron chi connectivity index (χ2n) is 21.5. The molecule has 0 amide bonds. The molecule has 504 valence electrons. The van der Waals surface area contributed by atoms with E-state index in [0.717, 1.165) is 0 Å². The van der Waals surface area contributed by atoms with Gasteiger partial charge in [-0.3, -0.25) is 0 Å². The van der Waals surface area contributed by atoms with Crippen molar-refractivity contribution >= 4 is 101 Å². The molecule has 1 heterocycles. The standard InChI is InChI=1S/C80H74N5O10P5/c1-11-61-41-21-31-51-71(61)86-84-98(88-73-53-33-23-43-63(73)13-3,89-74-54-34-24-44-64(74)14-4)82-96-81-97-83-99(90-75-55-35-25-45-65(75)15-5,91-76-56-36-26-46-66(76)16-6,92-77-57-37-27-47-67(77)17-7)85(87-72-52-32-22-42-62(72)12-2)100(84,93-78-58-38-28-48-68(78)18-8,94-79-59-39-29-49-69(79)19-9)95-80-60-40-30-50-70(80)20-10/h11-60,81,83,96-97H,1-10H2. The zero-order valence-corrected chi connectivity index (χ0v) is 59.4. The first-order valence-corrected chi connectivity index (χ1v) is 38.6. The minimum atomic E-state index is -7.61. The molecule has 11 rings (SSSR count). The number of benzene rings is 10. The van der Waals surface area contributed by atoms with E-state index in [9.17, 15) is 0 Å². The molecule has 0 saturated heterocycles. The van der Waals surface area contributed by atoms with Crippen molar-refractivity contribution in [3.05, 3.63) is 364 Å². The summed E-state index contributed by atoms with van der Waals surface area (Å²) in [5.41, 5.74) is 4.19. The van der Waals surface area contributed by atoms with E-state index >= 15 is 0 Å². The third-order valence-electron chi connectivity index (χ3n) is 15.3. The second kappa shape index (κ2) is 31.5. The molecule has 0 radical (unpaired) electrons. The molecule has 1 aliphatic heterocycles. The molecular formula is C80H74N5O10P5. The molecule has 0 fully saturated rings. The summed E-state index contributed by atoms with van der Waals surface area (Å²) in [6.45, 7) is 43.6. The van der Waals surface area contributed by atoms with Crippen LogP contribution in [-0.2, 0) is 0 Å². The van der Waals surface area contributed by atoms with Crippen molar-refractivity contribution in [2.24, 2.45) is 4.52 Å². The molecule has 2 unspecified atom stereocenters. The molecule has 0 aromatic heterocycles. The molecule has 0 bridgehead atoms. The van der Waals surface area contributed by atoms with Gasteiger partial charge in [0.2, 0.25) is 0 Å². The number of hydrogen-bond donors (Lipinski definition) is 2. The van der Waals surface area contributed by atoms with E-state index in [1.807, 2.05) is 103 Å². The maximum atomic E-state index is 8.76. The first-order chi connectivity index (χ1) is 48.9. The molecule has 10 aromatic carbocycles. The molecular weight excluding hydrogens is 1350 g/mol. The average Bonchev–Trinajstić information content (AvgIpc) is 0.656. The summed E-state index contributed by atoms with van der Waals surface area (Å²) in [6, 6.07) is 71.7. The Morgan fingerprint density at radius 2 is 0.530 bits per heavy atom. The molecule has 20 heteroatoms. The summed E-state index contributed by atoms with van der Waals surface area (Å²) in [5, 5.41) is 0. The molecule has 10 aromatic rings. The van der Waals surface area contributed by atoms with Crippen LogP contribution in [0, 0.1) is 0 Å². The van der Waals surface area contributed by atoms with Crippen LogP contribution in [0.15, 0.2) is 313 Å². The fraction of sp³-hybridized carbons (Fsp3) is 0. The topological polar surface area (TPSA) is 135 Å². The van der Waals surface area contributed by atoms with E-state index in [2.05, 4.69) is 75.5 Å². The van der Waals surface area contributed by atoms with Gasteiger partial charge in [-0.15, -0.1) is 0 Å². The van der Waals surface area contributed by atoms with Crippen molar-refractivity contribution in [3.8, 4) is 57.5 Å². The van der Waals surface area contributed by atoms with Gasteiger partial charge in [-0.2, -0.15) is 0 Å². The minimum absolute atomic E-state index is 0.00389. The summed E-state index contributed by atoms with van der Waals surface area (Å²) in [5.74, 6) is 0.704. The van der Waals surface area contributed by atoms with Gasteiger partial charge in [-0.1, -0.05) is 0 Å². The Balaban J connectivity index is 1.58. The van der Waals surface area contributed by atoms with Gasteiger partial charge < -0.3 is 0 Å². The van der Waals surface area contributed by atoms with Crippen LogP contribution in [0.4, 0.5) is 0 Å². The summed E-state index contributed by atoms with van der Waals surface area (Å²) in [7, 11) is -21.4. The third kappa shape index (κ3) is 14.2. The number of para-hydroxylation sites is 10. The van der Waals surface area contributed by atoms with Crippen LogP contribution in [0.25, 0.3) is 60.8 Å². The molecule has 15 nitrogen and oxygen atoms in total. The Hall–Kier alpha value is -10.6. The molecule has 0 spiro atoms. The fourth-order valence-electron chi connectivity index (χ4n) is 10.5. The predicted octanol–water partition coefficient (Wildman–Crippen LogP) is 24.1. The molecule has 1 aliphatic rings. The van der Waals surface area contributed by atoms with Crippen molar-refractivity contribution in [3.63, 3.8) is 0 Å². The van der Waals surface area contributed by atoms with Gasteiger partial charge in [-0.05, 0) is 0 Å². The van der Waals surface area contributed by atoms with Crippen LogP contribution in [0.5, 0.6) is 57.5 Å². The fourth-order valence-corrected chi connectivity index (χ4v) is 27.0. The Morgan fingerprint density at radius 1 is 0.300 bits per heavy atom. The predicted molar refractivity (Wildman–Crippen MR) is 421 cm³/mol. The van der Waals surface area contributed by atoms with Crippen LogP contribution in [-0.4, -0.2) is 9.21 Å². The Morgan fingerprint density at radius 3 is 0.820 bits per heavy atom. The van der Waals surface area contributed by atoms with E-state index in [1.54, 1.807) is 200 Å². The summed E-state index contributed by atoms with van der Waals surface area (Å²) < 4.78 is 76.0. The number of rotatable bonds is 30. The van der Waals surface area contributed by atoms with Crippen molar-refractivity contribution in [1.29, 1.82) is 0 Å². The number of nitrogens with one attached hydrogen (secondary N) is 2. The van der Waals surface area contributed by atoms with Crippen LogP contribution >= 0.6 is 40.6 Å². The zero-order chi connectivity index (χ0) is 70.1. The van der Waals surface area contributed by atoms with Gasteiger partial charge in [0.1, 0.15) is 0 Å². The first kappa shape index (κ1) is 70.7. The Bertz CT molecular complexity index is 4510. The summed E-state index contributed by atoms with van der Waals surface area (Å²) in [6.07, 6.45) is 16.3. The number of nitrogens with zero attached hydrogens (tertiary/aromatic N) is 3. The van der Waals surface area contributed by atoms with E-state index in [-0.39, 0.29) is 57.5 Å². The van der Waals surface area contributed by atoms with Crippen LogP contribution in [0.3, 0.4) is 0 Å². The van der Waals surface area contributed by atoms with Crippen molar-refractivity contribution in [2.45, 2.75) is 0 Å². The van der Waals surface area contributed by atoms with Gasteiger partial charge in [0.25, 0.3) is 0 Å². The SMILES string of the molecule is C=Cc1ccccc1ON1P(Oc2ccccc2C=C)(Oc2ccccc2C=C)=NPNPNP(Oc2ccccc2C=C)(Oc2ccccc2C=C)(Oc2ccccc2C=C)N(Oc2ccccc2C=C)P1(Oc1ccccc1C=C)(Oc1ccccc1C=C)Oc1ccccc1C=C. The normalized spacial score (nSPS) is 16.2. The first-order valence-electron chi connectivity index (χ1n) is 31.3. The van der Waals surface area contributed by atoms with Gasteiger partial charge in [0.05, 0.1) is 0 Å². The molecule has 100 heavy (non-hydrogen) atoms. The monoisotopic (exact) mass is 1420 g/mol. The number of hydrogen-bond acceptors (Lipinski definition) is 15. The summed E-state index contributed by atoms with van der Waals surface area (Å²) >= 11 is 0. The summed E-state index contributed by atoms with van der Waals surface area (Å²) in [4.78, 5) is 24.1. The van der Waals surface area contributed by atoms with Crippen molar-refractivity contribution in [2.75, 3.05) is 0 Å². The van der Waals surface area contributed by atoms with E-state index in [4.69, 9.17) is 50.4 Å². The Kier molecular flexibility index (Phi) is 22.3. The van der Waals surface area contributed by atoms with Crippen molar-refractivity contribution < 1.29 is 45.9 Å². The van der Waals surface area contributed by atoms with E-state index in [0.29, 0.717) is 55.6 Å². The van der Waals surface area contributed by atoms with Gasteiger partial charge >= 0.3 is 592 Å². The van der Waals surface area contributed by atoms with Gasteiger partial charge in [-0.25, -0.2) is 0 Å². The molecule has 2 N–H and O–H groups in total. The second-order valence-corrected chi connectivity index (χ2v) is 32.5. The van der Waals surface area contributed by atoms with Gasteiger partial charge in [0, 0.05) is 0 Å². The average molecular weight is 1420 g/mol. The molecule has 0 aliphatic carbocycles. The quantitative estimate of drug-likeness (QED) is 0.0413. The maximum absolute atomic E-state index is 8.76. The van der Waals surface area contributed by atoms with Crippen LogP contribution in [0.1, 0.15) is 55.6 Å².